The van der Waals surface area contributed by atoms with Crippen LogP contribution in [0.15, 0.2) is 76.8 Å². The van der Waals surface area contributed by atoms with E-state index in [1.807, 2.05) is 12.1 Å². The van der Waals surface area contributed by atoms with Crippen LogP contribution in [0.25, 0.3) is 0 Å². The summed E-state index contributed by atoms with van der Waals surface area (Å²) in [6.07, 6.45) is 2.95. The highest BCUT2D eigenvalue weighted by molar-refractivity contribution is 6.00. The number of oxime groups is 1. The number of hydrogen-bond donors (Lipinski definition) is 2. The molecule has 1 amide bonds. The number of likely N-dealkylation sites (tertiary alicyclic amines) is 1. The number of rotatable bonds is 6. The predicted octanol–water partition coefficient (Wildman–Crippen LogP) is 4.95. The number of nitrogens with zero attached hydrogens (tertiary/aromatic N) is 3. The Morgan fingerprint density at radius 2 is 1.74 bits per heavy atom. The molecule has 1 atom stereocenters. The lowest BCUT2D eigenvalue weighted by molar-refractivity contribution is 0.132. The van der Waals surface area contributed by atoms with Gasteiger partial charge in [-0.05, 0) is 54.0 Å². The summed E-state index contributed by atoms with van der Waals surface area (Å²) in [4.78, 5) is 24.5. The van der Waals surface area contributed by atoms with E-state index in [1.54, 1.807) is 19.3 Å². The number of aryl methyl sites for hydroxylation is 2. The van der Waals surface area contributed by atoms with Crippen LogP contribution >= 0.6 is 0 Å². The molecule has 2 N–H and O–H groups in total. The van der Waals surface area contributed by atoms with E-state index in [-0.39, 0.29) is 11.5 Å². The van der Waals surface area contributed by atoms with Crippen LogP contribution in [0.3, 0.4) is 0 Å². The highest BCUT2D eigenvalue weighted by Gasteiger charge is 2.25. The molecule has 0 bridgehead atoms. The summed E-state index contributed by atoms with van der Waals surface area (Å²) < 4.78 is 1.48. The molecule has 1 aliphatic rings. The molecule has 0 radical (unpaired) electrons. The molecule has 2 heterocycles. The Kier molecular flexibility index (Phi) is 7.34. The SMILES string of the molecule is Cc1ccccc1C(CC(=NO)c1ccc(=O)n(C)c1)c1ccc(C2CCN(C(=O)O)CC2)cc1. The first-order chi connectivity index (χ1) is 16.9. The van der Waals surface area contributed by atoms with E-state index in [9.17, 15) is 19.9 Å². The molecule has 2 aromatic carbocycles. The van der Waals surface area contributed by atoms with Crippen molar-refractivity contribution in [1.29, 1.82) is 0 Å². The van der Waals surface area contributed by atoms with Gasteiger partial charge in [0.05, 0.1) is 5.71 Å². The van der Waals surface area contributed by atoms with Gasteiger partial charge in [0.2, 0.25) is 5.56 Å². The summed E-state index contributed by atoms with van der Waals surface area (Å²) in [6.45, 7) is 3.20. The zero-order valence-corrected chi connectivity index (χ0v) is 20.1. The molecule has 7 heteroatoms. The fourth-order valence-corrected chi connectivity index (χ4v) is 4.96. The minimum Gasteiger partial charge on any atom is -0.465 e. The Morgan fingerprint density at radius 1 is 1.06 bits per heavy atom. The van der Waals surface area contributed by atoms with Gasteiger partial charge in [0, 0.05) is 50.3 Å². The summed E-state index contributed by atoms with van der Waals surface area (Å²) >= 11 is 0. The Balaban J connectivity index is 1.62. The maximum Gasteiger partial charge on any atom is 0.407 e. The summed E-state index contributed by atoms with van der Waals surface area (Å²) in [5.74, 6) is 0.305. The molecule has 0 aliphatic carbocycles. The van der Waals surface area contributed by atoms with E-state index in [0.717, 1.165) is 29.5 Å². The van der Waals surface area contributed by atoms with Crippen molar-refractivity contribution in [2.75, 3.05) is 13.1 Å². The van der Waals surface area contributed by atoms with E-state index in [2.05, 4.69) is 48.5 Å². The molecule has 1 fully saturated rings. The van der Waals surface area contributed by atoms with Gasteiger partial charge in [0.15, 0.2) is 0 Å². The molecule has 1 aliphatic heterocycles. The lowest BCUT2D eigenvalue weighted by Crippen LogP contribution is -2.36. The second kappa shape index (κ2) is 10.6. The number of pyridine rings is 1. The molecule has 35 heavy (non-hydrogen) atoms. The van der Waals surface area contributed by atoms with Crippen LogP contribution in [0.5, 0.6) is 0 Å². The van der Waals surface area contributed by atoms with Gasteiger partial charge >= 0.3 is 6.09 Å². The number of carboxylic acid groups (broad SMARTS) is 1. The fourth-order valence-electron chi connectivity index (χ4n) is 4.96. The van der Waals surface area contributed by atoms with Crippen molar-refractivity contribution in [3.05, 3.63) is 105 Å². The first-order valence-corrected chi connectivity index (χ1v) is 11.9. The standard InChI is InChI=1S/C28H31N3O4/c1-19-5-3-4-6-24(19)25(17-26(29-35)23-11-12-27(32)30(2)18-23)22-9-7-20(8-10-22)21-13-15-31(16-14-21)28(33)34/h3-12,18,21,25,35H,13-17H2,1-2H3,(H,33,34). The van der Waals surface area contributed by atoms with Gasteiger partial charge in [0.25, 0.3) is 0 Å². The molecule has 0 saturated carbocycles. The third-order valence-corrected chi connectivity index (χ3v) is 7.08. The average molecular weight is 474 g/mol. The maximum atomic E-state index is 11.8. The van der Waals surface area contributed by atoms with Crippen molar-refractivity contribution in [1.82, 2.24) is 9.47 Å². The average Bonchev–Trinajstić information content (AvgIpc) is 2.87. The van der Waals surface area contributed by atoms with Gasteiger partial charge in [-0.3, -0.25) is 4.79 Å². The largest absolute Gasteiger partial charge is 0.465 e. The number of piperidine rings is 1. The third-order valence-electron chi connectivity index (χ3n) is 7.08. The van der Waals surface area contributed by atoms with Crippen LogP contribution < -0.4 is 5.56 Å². The van der Waals surface area contributed by atoms with Crippen LogP contribution in [0, 0.1) is 6.92 Å². The third kappa shape index (κ3) is 5.45. The highest BCUT2D eigenvalue weighted by Crippen LogP contribution is 2.34. The van der Waals surface area contributed by atoms with E-state index in [0.29, 0.717) is 36.7 Å². The Morgan fingerprint density at radius 3 is 2.34 bits per heavy atom. The van der Waals surface area contributed by atoms with Crippen LogP contribution in [0.4, 0.5) is 4.79 Å². The zero-order valence-electron chi connectivity index (χ0n) is 20.1. The normalized spacial score (nSPS) is 15.7. The number of hydrogen-bond acceptors (Lipinski definition) is 4. The van der Waals surface area contributed by atoms with Crippen LogP contribution in [0.1, 0.15) is 58.9 Å². The smallest absolute Gasteiger partial charge is 0.407 e. The van der Waals surface area contributed by atoms with Gasteiger partial charge in [-0.15, -0.1) is 0 Å². The van der Waals surface area contributed by atoms with E-state index in [1.165, 1.54) is 21.1 Å². The highest BCUT2D eigenvalue weighted by atomic mass is 16.4. The Hall–Kier alpha value is -3.87. The first kappa shape index (κ1) is 24.3. The van der Waals surface area contributed by atoms with Crippen molar-refractivity contribution < 1.29 is 15.1 Å². The zero-order chi connectivity index (χ0) is 24.9. The molecule has 1 unspecified atom stereocenters. The lowest BCUT2D eigenvalue weighted by atomic mass is 9.82. The molecule has 3 aromatic rings. The predicted molar refractivity (Wildman–Crippen MR) is 136 cm³/mol. The van der Waals surface area contributed by atoms with Crippen molar-refractivity contribution in [3.8, 4) is 0 Å². The van der Waals surface area contributed by atoms with Gasteiger partial charge in [0.1, 0.15) is 0 Å². The number of carbonyl (C=O) groups is 1. The van der Waals surface area contributed by atoms with Crippen molar-refractivity contribution in [3.63, 3.8) is 0 Å². The molecule has 1 aromatic heterocycles. The van der Waals surface area contributed by atoms with Crippen molar-refractivity contribution >= 4 is 11.8 Å². The Bertz CT molecular complexity index is 1270. The van der Waals surface area contributed by atoms with Crippen LogP contribution in [0.2, 0.25) is 0 Å². The minimum absolute atomic E-state index is 0.0396. The number of aromatic nitrogens is 1. The summed E-state index contributed by atoms with van der Waals surface area (Å²) in [7, 11) is 1.68. The van der Waals surface area contributed by atoms with Gasteiger partial charge in [-0.1, -0.05) is 53.7 Å². The second-order valence-electron chi connectivity index (χ2n) is 9.24. The Labute approximate surface area is 205 Å². The summed E-state index contributed by atoms with van der Waals surface area (Å²) in [5.41, 5.74) is 5.73. The monoisotopic (exact) mass is 473 g/mol. The van der Waals surface area contributed by atoms with E-state index in [4.69, 9.17) is 0 Å². The minimum atomic E-state index is -0.847. The second-order valence-corrected chi connectivity index (χ2v) is 9.24. The number of amides is 1. The van der Waals surface area contributed by atoms with Crippen molar-refractivity contribution in [2.24, 2.45) is 12.2 Å². The quantitative estimate of drug-likeness (QED) is 0.301. The maximum absolute atomic E-state index is 11.8. The molecular formula is C28H31N3O4. The summed E-state index contributed by atoms with van der Waals surface area (Å²) in [6, 6.07) is 19.9. The van der Waals surface area contributed by atoms with E-state index < -0.39 is 6.09 Å². The fraction of sp³-hybridized carbons (Fsp3) is 0.321. The van der Waals surface area contributed by atoms with Crippen LogP contribution in [-0.4, -0.2) is 44.7 Å². The van der Waals surface area contributed by atoms with Crippen LogP contribution in [-0.2, 0) is 7.05 Å². The lowest BCUT2D eigenvalue weighted by Gasteiger charge is -2.30. The molecule has 182 valence electrons. The molecule has 7 nitrogen and oxygen atoms in total. The molecule has 1 saturated heterocycles. The van der Waals surface area contributed by atoms with Gasteiger partial charge in [-0.2, -0.15) is 0 Å². The molecular weight excluding hydrogens is 442 g/mol. The summed E-state index contributed by atoms with van der Waals surface area (Å²) in [5, 5.41) is 22.7. The topological polar surface area (TPSA) is 95.1 Å². The first-order valence-electron chi connectivity index (χ1n) is 11.9. The number of benzene rings is 2. The van der Waals surface area contributed by atoms with Gasteiger partial charge < -0.3 is 19.8 Å². The van der Waals surface area contributed by atoms with E-state index >= 15 is 0 Å². The van der Waals surface area contributed by atoms with Crippen molar-refractivity contribution in [2.45, 2.75) is 38.0 Å². The molecule has 0 spiro atoms. The van der Waals surface area contributed by atoms with Gasteiger partial charge in [-0.25, -0.2) is 4.79 Å². The molecule has 4 rings (SSSR count).